The van der Waals surface area contributed by atoms with Gasteiger partial charge in [0.2, 0.25) is 0 Å². The molecule has 14 heavy (non-hydrogen) atoms. The second kappa shape index (κ2) is 4.56. The molecule has 0 amide bonds. The Morgan fingerprint density at radius 3 is 2.36 bits per heavy atom. The monoisotopic (exact) mass is 227 g/mol. The van der Waals surface area contributed by atoms with E-state index in [-0.39, 0.29) is 29.6 Å². The maximum Gasteiger partial charge on any atom is 1.00 e. The zero-order valence-corrected chi connectivity index (χ0v) is 9.32. The van der Waals surface area contributed by atoms with Crippen molar-refractivity contribution in [1.29, 1.82) is 0 Å². The Bertz CT molecular complexity index is 446. The maximum absolute atomic E-state index is 10.6. The fourth-order valence-corrected chi connectivity index (χ4v) is 1.92. The van der Waals surface area contributed by atoms with Crippen LogP contribution < -0.4 is 24.6 Å². The molecule has 0 aromatic heterocycles. The Hall–Kier alpha value is -0.183. The van der Waals surface area contributed by atoms with Crippen LogP contribution in [0.3, 0.4) is 0 Å². The predicted octanol–water partition coefficient (Wildman–Crippen LogP) is -1.86. The Balaban J connectivity index is 0.00000169. The Labute approximate surface area is 99.4 Å². The maximum atomic E-state index is 10.6. The average molecular weight is 228 g/mol. The minimum Gasteiger partial charge on any atom is -0.744 e. The summed E-state index contributed by atoms with van der Waals surface area (Å²) in [6.45, 7) is 1.67. The van der Waals surface area contributed by atoms with E-state index >= 15 is 0 Å². The van der Waals surface area contributed by atoms with Gasteiger partial charge < -0.3 is 10.3 Å². The molecule has 0 heterocycles. The van der Waals surface area contributed by atoms with E-state index in [1.807, 2.05) is 0 Å². The second-order valence-corrected chi connectivity index (χ2v) is 4.29. The molecule has 4 nitrogen and oxygen atoms in total. The van der Waals surface area contributed by atoms with Gasteiger partial charge in [0.25, 0.3) is 0 Å². The van der Waals surface area contributed by atoms with Crippen molar-refractivity contribution >= 4 is 27.4 Å². The molecular formula is C7H7ClLiNO3S. The van der Waals surface area contributed by atoms with Crippen LogP contribution in [0.25, 0.3) is 0 Å². The Kier molecular flexibility index (Phi) is 4.50. The van der Waals surface area contributed by atoms with Crippen molar-refractivity contribution in [1.82, 2.24) is 0 Å². The van der Waals surface area contributed by atoms with Gasteiger partial charge in [0.05, 0.1) is 15.6 Å². The zero-order valence-electron chi connectivity index (χ0n) is 7.74. The molecule has 1 aromatic rings. The first-order chi connectivity index (χ1) is 5.84. The summed E-state index contributed by atoms with van der Waals surface area (Å²) in [4.78, 5) is -0.475. The van der Waals surface area contributed by atoms with Crippen molar-refractivity contribution in [3.63, 3.8) is 0 Å². The molecule has 72 valence electrons. The third-order valence-electron chi connectivity index (χ3n) is 1.63. The summed E-state index contributed by atoms with van der Waals surface area (Å²) < 4.78 is 31.9. The molecule has 7 heteroatoms. The predicted molar refractivity (Wildman–Crippen MR) is 48.6 cm³/mol. The van der Waals surface area contributed by atoms with Crippen LogP contribution >= 0.6 is 11.6 Å². The molecule has 2 N–H and O–H groups in total. The molecule has 1 aromatic carbocycles. The molecule has 0 atom stereocenters. The molecule has 0 radical (unpaired) electrons. The number of hydrogen-bond acceptors (Lipinski definition) is 4. The van der Waals surface area contributed by atoms with E-state index in [0.29, 0.717) is 5.56 Å². The SMILES string of the molecule is Cc1ccc(S(=O)(=O)[O-])c(Cl)c1N.[Li+]. The first kappa shape index (κ1) is 13.8. The van der Waals surface area contributed by atoms with Gasteiger partial charge in [-0.05, 0) is 18.6 Å². The summed E-state index contributed by atoms with van der Waals surface area (Å²) in [5.74, 6) is 0. The van der Waals surface area contributed by atoms with Crippen molar-refractivity contribution in [2.75, 3.05) is 5.73 Å². The number of hydrogen-bond donors (Lipinski definition) is 1. The zero-order chi connectivity index (χ0) is 10.2. The van der Waals surface area contributed by atoms with Crippen LogP contribution in [0.2, 0.25) is 5.02 Å². The van der Waals surface area contributed by atoms with Gasteiger partial charge in [-0.3, -0.25) is 0 Å². The molecule has 0 fully saturated rings. The van der Waals surface area contributed by atoms with E-state index in [4.69, 9.17) is 17.3 Å². The van der Waals surface area contributed by atoms with E-state index in [2.05, 4.69) is 0 Å². The van der Waals surface area contributed by atoms with Crippen molar-refractivity contribution < 1.29 is 31.8 Å². The summed E-state index contributed by atoms with van der Waals surface area (Å²) in [5, 5.41) is -0.199. The van der Waals surface area contributed by atoms with E-state index in [1.165, 1.54) is 6.07 Å². The Morgan fingerprint density at radius 1 is 1.43 bits per heavy atom. The van der Waals surface area contributed by atoms with Crippen molar-refractivity contribution in [2.24, 2.45) is 0 Å². The second-order valence-electron chi connectivity index (χ2n) is 2.56. The number of nitrogen functional groups attached to an aromatic ring is 1. The van der Waals surface area contributed by atoms with Crippen LogP contribution in [0.5, 0.6) is 0 Å². The number of nitrogens with two attached hydrogens (primary N) is 1. The molecule has 0 spiro atoms. The van der Waals surface area contributed by atoms with Crippen molar-refractivity contribution in [2.45, 2.75) is 11.8 Å². The first-order valence-electron chi connectivity index (χ1n) is 3.34. The minimum absolute atomic E-state index is 0. The normalized spacial score (nSPS) is 10.8. The van der Waals surface area contributed by atoms with E-state index < -0.39 is 15.0 Å². The standard InChI is InChI=1S/C7H8ClNO3S.Li/c1-4-2-3-5(13(10,11)12)6(8)7(4)9;/h2-3H,9H2,1H3,(H,10,11,12);/q;+1/p-1. The number of rotatable bonds is 1. The van der Waals surface area contributed by atoms with Crippen LogP contribution in [-0.2, 0) is 10.1 Å². The van der Waals surface area contributed by atoms with Gasteiger partial charge >= 0.3 is 18.9 Å². The quantitative estimate of drug-likeness (QED) is 0.346. The van der Waals surface area contributed by atoms with Crippen LogP contribution in [0.1, 0.15) is 5.56 Å². The van der Waals surface area contributed by atoms with Crippen LogP contribution in [-0.4, -0.2) is 13.0 Å². The molecule has 0 saturated heterocycles. The third-order valence-corrected chi connectivity index (χ3v) is 3.03. The summed E-state index contributed by atoms with van der Waals surface area (Å²) in [5.41, 5.74) is 6.20. The molecule has 0 aliphatic rings. The van der Waals surface area contributed by atoms with E-state index in [0.717, 1.165) is 6.07 Å². The van der Waals surface area contributed by atoms with Gasteiger partial charge in [0.15, 0.2) is 0 Å². The third kappa shape index (κ3) is 2.66. The molecule has 0 aliphatic carbocycles. The summed E-state index contributed by atoms with van der Waals surface area (Å²) in [6.07, 6.45) is 0. The Morgan fingerprint density at radius 2 is 1.93 bits per heavy atom. The molecule has 0 bridgehead atoms. The molecule has 0 saturated carbocycles. The van der Waals surface area contributed by atoms with Gasteiger partial charge in [-0.15, -0.1) is 0 Å². The fourth-order valence-electron chi connectivity index (χ4n) is 0.863. The minimum atomic E-state index is -4.53. The van der Waals surface area contributed by atoms with Gasteiger partial charge in [-0.2, -0.15) is 0 Å². The van der Waals surface area contributed by atoms with Crippen LogP contribution in [0, 0.1) is 6.92 Å². The number of halogens is 1. The van der Waals surface area contributed by atoms with Crippen LogP contribution in [0.15, 0.2) is 17.0 Å². The molecule has 0 aliphatic heterocycles. The van der Waals surface area contributed by atoms with Gasteiger partial charge in [-0.1, -0.05) is 17.7 Å². The number of benzene rings is 1. The van der Waals surface area contributed by atoms with E-state index in [1.54, 1.807) is 6.92 Å². The fraction of sp³-hybridized carbons (Fsp3) is 0.143. The van der Waals surface area contributed by atoms with E-state index in [9.17, 15) is 13.0 Å². The number of anilines is 1. The summed E-state index contributed by atoms with van der Waals surface area (Å²) >= 11 is 5.58. The summed E-state index contributed by atoms with van der Waals surface area (Å²) in [6, 6.07) is 2.59. The van der Waals surface area contributed by atoms with Crippen LogP contribution in [0.4, 0.5) is 5.69 Å². The number of aryl methyl sites for hydroxylation is 1. The average Bonchev–Trinajstić information content (AvgIpc) is 1.98. The summed E-state index contributed by atoms with van der Waals surface area (Å²) in [7, 11) is -4.53. The van der Waals surface area contributed by atoms with Gasteiger partial charge in [0, 0.05) is 0 Å². The molecule has 1 rings (SSSR count). The molecule has 0 unspecified atom stereocenters. The first-order valence-corrected chi connectivity index (χ1v) is 5.13. The smallest absolute Gasteiger partial charge is 0.744 e. The van der Waals surface area contributed by atoms with Gasteiger partial charge in [-0.25, -0.2) is 8.42 Å². The van der Waals surface area contributed by atoms with Crippen molar-refractivity contribution in [3.05, 3.63) is 22.7 Å². The molecular weight excluding hydrogens is 221 g/mol. The van der Waals surface area contributed by atoms with Crippen molar-refractivity contribution in [3.8, 4) is 0 Å². The largest absolute Gasteiger partial charge is 1.00 e. The topological polar surface area (TPSA) is 83.2 Å². The van der Waals surface area contributed by atoms with Gasteiger partial charge in [0.1, 0.15) is 10.1 Å².